The van der Waals surface area contributed by atoms with Gasteiger partial charge in [0.2, 0.25) is 0 Å². The first-order valence-corrected chi connectivity index (χ1v) is 10.6. The molecule has 0 fully saturated rings. The highest BCUT2D eigenvalue weighted by molar-refractivity contribution is 7.92. The summed E-state index contributed by atoms with van der Waals surface area (Å²) in [6.45, 7) is 1.91. The molecule has 29 heavy (non-hydrogen) atoms. The third kappa shape index (κ3) is 5.83. The molecule has 0 spiro atoms. The van der Waals surface area contributed by atoms with E-state index in [1.54, 1.807) is 36.4 Å². The summed E-state index contributed by atoms with van der Waals surface area (Å²) in [4.78, 5) is 12.2. The van der Waals surface area contributed by atoms with Gasteiger partial charge in [-0.15, -0.1) is 0 Å². The van der Waals surface area contributed by atoms with E-state index in [0.29, 0.717) is 17.1 Å². The van der Waals surface area contributed by atoms with Gasteiger partial charge in [-0.25, -0.2) is 8.42 Å². The van der Waals surface area contributed by atoms with Gasteiger partial charge in [0.15, 0.2) is 6.61 Å². The van der Waals surface area contributed by atoms with E-state index in [1.807, 2.05) is 25.1 Å². The molecule has 0 aliphatic heterocycles. The van der Waals surface area contributed by atoms with Crippen molar-refractivity contribution >= 4 is 27.3 Å². The van der Waals surface area contributed by atoms with Crippen LogP contribution in [-0.2, 0) is 21.2 Å². The van der Waals surface area contributed by atoms with Crippen LogP contribution in [0.2, 0.25) is 0 Å². The molecule has 7 heteroatoms. The minimum atomic E-state index is -3.70. The minimum Gasteiger partial charge on any atom is -0.484 e. The number of amides is 1. The Morgan fingerprint density at radius 2 is 1.62 bits per heavy atom. The van der Waals surface area contributed by atoms with Crippen molar-refractivity contribution in [2.75, 3.05) is 16.6 Å². The molecule has 0 aliphatic carbocycles. The number of hydrogen-bond donors (Lipinski definition) is 2. The summed E-state index contributed by atoms with van der Waals surface area (Å²) in [5.41, 5.74) is 2.09. The van der Waals surface area contributed by atoms with Crippen LogP contribution in [0.15, 0.2) is 83.8 Å². The predicted molar refractivity (Wildman–Crippen MR) is 114 cm³/mol. The van der Waals surface area contributed by atoms with E-state index in [4.69, 9.17) is 4.74 Å². The van der Waals surface area contributed by atoms with Gasteiger partial charge >= 0.3 is 0 Å². The SMILES string of the molecule is CCc1cccc(OCC(=O)Nc2ccc(S(=O)(=O)Nc3ccccc3)cc2)c1. The largest absolute Gasteiger partial charge is 0.484 e. The first-order valence-electron chi connectivity index (χ1n) is 9.16. The number of hydrogen-bond acceptors (Lipinski definition) is 4. The second kappa shape index (κ2) is 9.25. The molecule has 0 aliphatic rings. The summed E-state index contributed by atoms with van der Waals surface area (Å²) in [7, 11) is -3.70. The van der Waals surface area contributed by atoms with E-state index >= 15 is 0 Å². The van der Waals surface area contributed by atoms with Crippen LogP contribution in [0, 0.1) is 0 Å². The first-order chi connectivity index (χ1) is 14.0. The van der Waals surface area contributed by atoms with Crippen molar-refractivity contribution in [3.8, 4) is 5.75 Å². The quantitative estimate of drug-likeness (QED) is 0.586. The molecule has 150 valence electrons. The van der Waals surface area contributed by atoms with Gasteiger partial charge in [0.25, 0.3) is 15.9 Å². The normalized spacial score (nSPS) is 10.9. The lowest BCUT2D eigenvalue weighted by Gasteiger charge is -2.10. The molecule has 3 aromatic rings. The summed E-state index contributed by atoms with van der Waals surface area (Å²) >= 11 is 0. The summed E-state index contributed by atoms with van der Waals surface area (Å²) in [6, 6.07) is 22.2. The maximum atomic E-state index is 12.4. The Bertz CT molecular complexity index is 1070. The maximum absolute atomic E-state index is 12.4. The second-order valence-electron chi connectivity index (χ2n) is 6.33. The van der Waals surface area contributed by atoms with Crippen LogP contribution in [0.25, 0.3) is 0 Å². The topological polar surface area (TPSA) is 84.5 Å². The Morgan fingerprint density at radius 1 is 0.897 bits per heavy atom. The summed E-state index contributed by atoms with van der Waals surface area (Å²) < 4.78 is 32.9. The summed E-state index contributed by atoms with van der Waals surface area (Å²) in [6.07, 6.45) is 0.887. The molecule has 3 rings (SSSR count). The highest BCUT2D eigenvalue weighted by Crippen LogP contribution is 2.18. The fraction of sp³-hybridized carbons (Fsp3) is 0.136. The number of carbonyl (C=O) groups is 1. The molecule has 3 aromatic carbocycles. The number of ether oxygens (including phenoxy) is 1. The molecule has 0 atom stereocenters. The van der Waals surface area contributed by atoms with Crippen molar-refractivity contribution in [3.63, 3.8) is 0 Å². The van der Waals surface area contributed by atoms with E-state index in [1.165, 1.54) is 24.3 Å². The molecule has 1 amide bonds. The van der Waals surface area contributed by atoms with Crippen LogP contribution in [0.3, 0.4) is 0 Å². The van der Waals surface area contributed by atoms with E-state index in [-0.39, 0.29) is 17.4 Å². The summed E-state index contributed by atoms with van der Waals surface area (Å²) in [5.74, 6) is 0.304. The third-order valence-corrected chi connectivity index (χ3v) is 5.55. The fourth-order valence-corrected chi connectivity index (χ4v) is 3.70. The Morgan fingerprint density at radius 3 is 2.31 bits per heavy atom. The molecule has 0 saturated carbocycles. The molecule has 6 nitrogen and oxygen atoms in total. The van der Waals surface area contributed by atoms with Crippen molar-refractivity contribution in [3.05, 3.63) is 84.4 Å². The van der Waals surface area contributed by atoms with Gasteiger partial charge in [0.1, 0.15) is 5.75 Å². The number of nitrogens with one attached hydrogen (secondary N) is 2. The molecular weight excluding hydrogens is 388 g/mol. The van der Waals surface area contributed by atoms with E-state index in [0.717, 1.165) is 12.0 Å². The number of anilines is 2. The number of rotatable bonds is 8. The van der Waals surface area contributed by atoms with E-state index < -0.39 is 10.0 Å². The highest BCUT2D eigenvalue weighted by Gasteiger charge is 2.14. The molecule has 0 radical (unpaired) electrons. The molecular formula is C22H22N2O4S. The van der Waals surface area contributed by atoms with Crippen molar-refractivity contribution < 1.29 is 17.9 Å². The maximum Gasteiger partial charge on any atom is 0.262 e. The minimum absolute atomic E-state index is 0.104. The number of para-hydroxylation sites is 1. The Balaban J connectivity index is 1.57. The van der Waals surface area contributed by atoms with Crippen molar-refractivity contribution in [1.82, 2.24) is 0 Å². The second-order valence-corrected chi connectivity index (χ2v) is 8.02. The van der Waals surface area contributed by atoms with Crippen LogP contribution < -0.4 is 14.8 Å². The number of benzene rings is 3. The van der Waals surface area contributed by atoms with Gasteiger partial charge in [0.05, 0.1) is 4.90 Å². The molecule has 0 bridgehead atoms. The van der Waals surface area contributed by atoms with Gasteiger partial charge in [-0.3, -0.25) is 9.52 Å². The monoisotopic (exact) mass is 410 g/mol. The average Bonchev–Trinajstić information content (AvgIpc) is 2.73. The standard InChI is InChI=1S/C22H22N2O4S/c1-2-17-7-6-10-20(15-17)28-16-22(25)23-18-11-13-21(14-12-18)29(26,27)24-19-8-4-3-5-9-19/h3-15,24H,2,16H2,1H3,(H,23,25). The first kappa shape index (κ1) is 20.4. The van der Waals surface area contributed by atoms with Crippen LogP contribution in [0.5, 0.6) is 5.75 Å². The Labute approximate surface area is 170 Å². The lowest BCUT2D eigenvalue weighted by molar-refractivity contribution is -0.118. The zero-order chi connectivity index (χ0) is 20.7. The van der Waals surface area contributed by atoms with Gasteiger partial charge in [-0.2, -0.15) is 0 Å². The van der Waals surface area contributed by atoms with Gasteiger partial charge < -0.3 is 10.1 Å². The third-order valence-electron chi connectivity index (χ3n) is 4.15. The zero-order valence-corrected chi connectivity index (χ0v) is 16.8. The molecule has 0 saturated heterocycles. The number of sulfonamides is 1. The van der Waals surface area contributed by atoms with Crippen LogP contribution in [0.4, 0.5) is 11.4 Å². The average molecular weight is 410 g/mol. The van der Waals surface area contributed by atoms with Crippen molar-refractivity contribution in [2.45, 2.75) is 18.2 Å². The smallest absolute Gasteiger partial charge is 0.262 e. The lowest BCUT2D eigenvalue weighted by atomic mass is 10.2. The molecule has 0 heterocycles. The van der Waals surface area contributed by atoms with E-state index in [2.05, 4.69) is 10.0 Å². The van der Waals surface area contributed by atoms with Crippen LogP contribution >= 0.6 is 0 Å². The highest BCUT2D eigenvalue weighted by atomic mass is 32.2. The number of aryl methyl sites for hydroxylation is 1. The summed E-state index contributed by atoms with van der Waals surface area (Å²) in [5, 5.41) is 2.69. The Kier molecular flexibility index (Phi) is 6.51. The fourth-order valence-electron chi connectivity index (χ4n) is 2.64. The molecule has 0 aromatic heterocycles. The molecule has 2 N–H and O–H groups in total. The lowest BCUT2D eigenvalue weighted by Crippen LogP contribution is -2.20. The van der Waals surface area contributed by atoms with Crippen molar-refractivity contribution in [2.24, 2.45) is 0 Å². The predicted octanol–water partition coefficient (Wildman–Crippen LogP) is 4.07. The van der Waals surface area contributed by atoms with Crippen molar-refractivity contribution in [1.29, 1.82) is 0 Å². The molecule has 0 unspecified atom stereocenters. The Hall–Kier alpha value is -3.32. The van der Waals surface area contributed by atoms with Crippen LogP contribution in [0.1, 0.15) is 12.5 Å². The van der Waals surface area contributed by atoms with Crippen LogP contribution in [-0.4, -0.2) is 20.9 Å². The van der Waals surface area contributed by atoms with Gasteiger partial charge in [0, 0.05) is 11.4 Å². The zero-order valence-electron chi connectivity index (χ0n) is 16.0. The van der Waals surface area contributed by atoms with Gasteiger partial charge in [-0.1, -0.05) is 37.3 Å². The van der Waals surface area contributed by atoms with Gasteiger partial charge in [-0.05, 0) is 60.5 Å². The number of carbonyl (C=O) groups excluding carboxylic acids is 1. The van der Waals surface area contributed by atoms with E-state index in [9.17, 15) is 13.2 Å².